The Morgan fingerprint density at radius 1 is 1.00 bits per heavy atom. The average molecular weight is 271 g/mol. The number of methoxy groups -OCH3 is 1. The predicted molar refractivity (Wildman–Crippen MR) is 82.2 cm³/mol. The molecule has 20 heavy (non-hydrogen) atoms. The van der Waals surface area contributed by atoms with Crippen LogP contribution in [0.25, 0.3) is 11.1 Å². The van der Waals surface area contributed by atoms with Crippen LogP contribution in [0.2, 0.25) is 0 Å². The van der Waals surface area contributed by atoms with Gasteiger partial charge in [0.25, 0.3) is 5.56 Å². The lowest BCUT2D eigenvalue weighted by Crippen LogP contribution is -2.18. The molecule has 3 heteroatoms. The van der Waals surface area contributed by atoms with Crippen molar-refractivity contribution in [1.29, 1.82) is 0 Å². The molecule has 0 fully saturated rings. The van der Waals surface area contributed by atoms with Crippen molar-refractivity contribution in [2.45, 2.75) is 32.7 Å². The minimum absolute atomic E-state index is 0.0679. The first-order valence-corrected chi connectivity index (χ1v) is 7.09. The van der Waals surface area contributed by atoms with Gasteiger partial charge in [0.05, 0.1) is 7.11 Å². The number of nitrogens with zero attached hydrogens (tertiary/aromatic N) is 1. The lowest BCUT2D eigenvalue weighted by molar-refractivity contribution is 0.415. The van der Waals surface area contributed by atoms with Gasteiger partial charge in [-0.25, -0.2) is 0 Å². The van der Waals surface area contributed by atoms with Crippen LogP contribution in [-0.2, 0) is 6.54 Å². The maximum absolute atomic E-state index is 11.8. The molecule has 3 nitrogen and oxygen atoms in total. The molecule has 0 saturated heterocycles. The monoisotopic (exact) mass is 271 g/mol. The smallest absolute Gasteiger partial charge is 0.250 e. The van der Waals surface area contributed by atoms with Crippen molar-refractivity contribution in [3.63, 3.8) is 0 Å². The van der Waals surface area contributed by atoms with Crippen LogP contribution in [0, 0.1) is 0 Å². The molecule has 0 amide bonds. The second-order valence-electron chi connectivity index (χ2n) is 4.89. The topological polar surface area (TPSA) is 31.2 Å². The van der Waals surface area contributed by atoms with Crippen LogP contribution in [0.4, 0.5) is 0 Å². The summed E-state index contributed by atoms with van der Waals surface area (Å²) in [7, 11) is 1.66. The maximum atomic E-state index is 11.8. The molecule has 0 atom stereocenters. The second-order valence-corrected chi connectivity index (χ2v) is 4.89. The molecule has 0 unspecified atom stereocenters. The molecule has 0 bridgehead atoms. The second kappa shape index (κ2) is 6.94. The Morgan fingerprint density at radius 3 is 2.35 bits per heavy atom. The summed E-state index contributed by atoms with van der Waals surface area (Å²) in [6, 6.07) is 11.4. The van der Waals surface area contributed by atoms with E-state index >= 15 is 0 Å². The number of aryl methyl sites for hydroxylation is 1. The zero-order valence-corrected chi connectivity index (χ0v) is 12.1. The molecule has 2 aromatic rings. The van der Waals surface area contributed by atoms with Crippen LogP contribution in [0.5, 0.6) is 5.75 Å². The summed E-state index contributed by atoms with van der Waals surface area (Å²) in [6.07, 6.45) is 5.30. The third-order valence-corrected chi connectivity index (χ3v) is 3.41. The van der Waals surface area contributed by atoms with E-state index in [0.717, 1.165) is 42.7 Å². The van der Waals surface area contributed by atoms with E-state index in [-0.39, 0.29) is 5.56 Å². The molecule has 0 aliphatic heterocycles. The number of ether oxygens (including phenoxy) is 1. The molecule has 1 aromatic heterocycles. The Balaban J connectivity index is 2.23. The molecular weight excluding hydrogens is 250 g/mol. The highest BCUT2D eigenvalue weighted by atomic mass is 16.5. The van der Waals surface area contributed by atoms with E-state index in [2.05, 4.69) is 6.92 Å². The Morgan fingerprint density at radius 2 is 1.70 bits per heavy atom. The van der Waals surface area contributed by atoms with Gasteiger partial charge < -0.3 is 9.30 Å². The minimum atomic E-state index is 0.0679. The van der Waals surface area contributed by atoms with E-state index in [1.807, 2.05) is 36.5 Å². The van der Waals surface area contributed by atoms with Crippen molar-refractivity contribution in [2.24, 2.45) is 0 Å². The zero-order valence-electron chi connectivity index (χ0n) is 12.1. The van der Waals surface area contributed by atoms with E-state index in [9.17, 15) is 4.79 Å². The van der Waals surface area contributed by atoms with E-state index in [0.29, 0.717) is 0 Å². The van der Waals surface area contributed by atoms with Crippen LogP contribution >= 0.6 is 0 Å². The van der Waals surface area contributed by atoms with Gasteiger partial charge in [0.15, 0.2) is 0 Å². The van der Waals surface area contributed by atoms with Gasteiger partial charge in [-0.05, 0) is 35.7 Å². The van der Waals surface area contributed by atoms with Gasteiger partial charge in [0, 0.05) is 18.8 Å². The third kappa shape index (κ3) is 3.50. The first-order valence-electron chi connectivity index (χ1n) is 7.09. The van der Waals surface area contributed by atoms with Gasteiger partial charge in [0.1, 0.15) is 5.75 Å². The fraction of sp³-hybridized carbons (Fsp3) is 0.353. The van der Waals surface area contributed by atoms with E-state index < -0.39 is 0 Å². The summed E-state index contributed by atoms with van der Waals surface area (Å²) in [5, 5.41) is 0. The molecule has 2 rings (SSSR count). The van der Waals surface area contributed by atoms with Crippen molar-refractivity contribution in [3.8, 4) is 16.9 Å². The molecule has 0 spiro atoms. The van der Waals surface area contributed by atoms with Gasteiger partial charge in [-0.15, -0.1) is 0 Å². The number of hydrogen-bond acceptors (Lipinski definition) is 2. The predicted octanol–water partition coefficient (Wildman–Crippen LogP) is 3.71. The van der Waals surface area contributed by atoms with Crippen LogP contribution in [-0.4, -0.2) is 11.7 Å². The van der Waals surface area contributed by atoms with E-state index in [4.69, 9.17) is 4.74 Å². The van der Waals surface area contributed by atoms with Crippen molar-refractivity contribution < 1.29 is 4.74 Å². The fourth-order valence-corrected chi connectivity index (χ4v) is 2.19. The maximum Gasteiger partial charge on any atom is 0.250 e. The van der Waals surface area contributed by atoms with Gasteiger partial charge in [-0.3, -0.25) is 4.79 Å². The fourth-order valence-electron chi connectivity index (χ4n) is 2.19. The van der Waals surface area contributed by atoms with Gasteiger partial charge in [-0.1, -0.05) is 31.9 Å². The summed E-state index contributed by atoms with van der Waals surface area (Å²) in [5.41, 5.74) is 2.22. The Bertz CT molecular complexity index is 599. The Hall–Kier alpha value is -2.03. The van der Waals surface area contributed by atoms with Gasteiger partial charge in [-0.2, -0.15) is 0 Å². The van der Waals surface area contributed by atoms with Crippen LogP contribution in [0.15, 0.2) is 47.4 Å². The number of pyridine rings is 1. The van der Waals surface area contributed by atoms with Gasteiger partial charge in [0.2, 0.25) is 0 Å². The SMILES string of the molecule is CCCCCn1cc(-c2ccc(OC)cc2)ccc1=O. The number of benzene rings is 1. The summed E-state index contributed by atoms with van der Waals surface area (Å²) in [5.74, 6) is 0.838. The molecule has 0 saturated carbocycles. The summed E-state index contributed by atoms with van der Waals surface area (Å²) >= 11 is 0. The molecule has 1 heterocycles. The highest BCUT2D eigenvalue weighted by molar-refractivity contribution is 5.63. The number of aromatic nitrogens is 1. The molecule has 0 radical (unpaired) electrons. The molecular formula is C17H21NO2. The van der Waals surface area contributed by atoms with Crippen LogP contribution in [0.3, 0.4) is 0 Å². The van der Waals surface area contributed by atoms with Crippen molar-refractivity contribution in [3.05, 3.63) is 52.9 Å². The molecule has 0 aliphatic rings. The highest BCUT2D eigenvalue weighted by Gasteiger charge is 2.02. The van der Waals surface area contributed by atoms with Crippen LogP contribution < -0.4 is 10.3 Å². The van der Waals surface area contributed by atoms with Crippen molar-refractivity contribution in [1.82, 2.24) is 4.57 Å². The van der Waals surface area contributed by atoms with Crippen molar-refractivity contribution in [2.75, 3.05) is 7.11 Å². The van der Waals surface area contributed by atoms with Crippen LogP contribution in [0.1, 0.15) is 26.2 Å². The first kappa shape index (κ1) is 14.4. The molecule has 0 aliphatic carbocycles. The summed E-state index contributed by atoms with van der Waals surface area (Å²) in [6.45, 7) is 2.95. The lowest BCUT2D eigenvalue weighted by Gasteiger charge is -2.09. The minimum Gasteiger partial charge on any atom is -0.497 e. The van der Waals surface area contributed by atoms with E-state index in [1.54, 1.807) is 17.7 Å². The largest absolute Gasteiger partial charge is 0.497 e. The molecule has 0 N–H and O–H groups in total. The first-order chi connectivity index (χ1) is 9.74. The zero-order chi connectivity index (χ0) is 14.4. The standard InChI is InChI=1S/C17H21NO2/c1-3-4-5-12-18-13-15(8-11-17(18)19)14-6-9-16(20-2)10-7-14/h6-11,13H,3-5,12H2,1-2H3. The molecule has 106 valence electrons. The van der Waals surface area contributed by atoms with E-state index in [1.165, 1.54) is 0 Å². The van der Waals surface area contributed by atoms with Crippen molar-refractivity contribution >= 4 is 0 Å². The summed E-state index contributed by atoms with van der Waals surface area (Å²) in [4.78, 5) is 11.8. The molecule has 1 aromatic carbocycles. The average Bonchev–Trinajstić information content (AvgIpc) is 2.49. The summed E-state index contributed by atoms with van der Waals surface area (Å²) < 4.78 is 6.96. The number of unbranched alkanes of at least 4 members (excludes halogenated alkanes) is 2. The third-order valence-electron chi connectivity index (χ3n) is 3.41. The quantitative estimate of drug-likeness (QED) is 0.750. The Labute approximate surface area is 119 Å². The Kier molecular flexibility index (Phi) is 4.99. The highest BCUT2D eigenvalue weighted by Crippen LogP contribution is 2.21. The normalized spacial score (nSPS) is 10.5. The number of rotatable bonds is 6. The number of hydrogen-bond donors (Lipinski definition) is 0. The van der Waals surface area contributed by atoms with Gasteiger partial charge >= 0.3 is 0 Å². The lowest BCUT2D eigenvalue weighted by atomic mass is 10.1.